The van der Waals surface area contributed by atoms with Crippen LogP contribution in [0.2, 0.25) is 0 Å². The summed E-state index contributed by atoms with van der Waals surface area (Å²) in [5.74, 6) is 0.884. The maximum Gasteiger partial charge on any atom is 0.123 e. The Bertz CT molecular complexity index is 325. The molecule has 3 nitrogen and oxygen atoms in total. The maximum atomic E-state index is 8.96. The number of aliphatic hydroxyl groups excluding tert-OH is 1. The lowest BCUT2D eigenvalue weighted by Gasteiger charge is -2.20. The minimum atomic E-state index is 0.156. The van der Waals surface area contributed by atoms with Crippen LogP contribution in [-0.2, 0) is 6.54 Å². The van der Waals surface area contributed by atoms with E-state index in [1.165, 1.54) is 0 Å². The van der Waals surface area contributed by atoms with Crippen molar-refractivity contribution in [3.8, 4) is 5.75 Å². The first kappa shape index (κ1) is 12.7. The van der Waals surface area contributed by atoms with Crippen molar-refractivity contribution in [2.45, 2.75) is 6.54 Å². The molecular formula is C13H19NO2. The zero-order valence-electron chi connectivity index (χ0n) is 9.72. The highest BCUT2D eigenvalue weighted by molar-refractivity contribution is 5.33. The minimum Gasteiger partial charge on any atom is -0.496 e. The van der Waals surface area contributed by atoms with Crippen LogP contribution in [0.5, 0.6) is 5.75 Å². The molecule has 1 N–H and O–H groups in total. The van der Waals surface area contributed by atoms with E-state index in [0.29, 0.717) is 6.54 Å². The average Bonchev–Trinajstić information content (AvgIpc) is 2.30. The first-order valence-corrected chi connectivity index (χ1v) is 5.37. The summed E-state index contributed by atoms with van der Waals surface area (Å²) < 4.78 is 5.29. The number of methoxy groups -OCH3 is 1. The molecule has 0 saturated carbocycles. The van der Waals surface area contributed by atoms with Crippen LogP contribution in [0.15, 0.2) is 36.9 Å². The van der Waals surface area contributed by atoms with Crippen molar-refractivity contribution in [1.29, 1.82) is 0 Å². The lowest BCUT2D eigenvalue weighted by atomic mass is 10.2. The van der Waals surface area contributed by atoms with Gasteiger partial charge in [0.25, 0.3) is 0 Å². The molecule has 1 rings (SSSR count). The highest BCUT2D eigenvalue weighted by Gasteiger charge is 2.07. The van der Waals surface area contributed by atoms with Crippen molar-refractivity contribution in [3.05, 3.63) is 42.5 Å². The molecule has 0 saturated heterocycles. The predicted molar refractivity (Wildman–Crippen MR) is 65.6 cm³/mol. The Morgan fingerprint density at radius 1 is 1.44 bits per heavy atom. The first-order valence-electron chi connectivity index (χ1n) is 5.37. The van der Waals surface area contributed by atoms with Gasteiger partial charge >= 0.3 is 0 Å². The zero-order chi connectivity index (χ0) is 11.8. The second kappa shape index (κ2) is 7.04. The third kappa shape index (κ3) is 3.68. The van der Waals surface area contributed by atoms with E-state index in [2.05, 4.69) is 11.5 Å². The van der Waals surface area contributed by atoms with Crippen LogP contribution < -0.4 is 4.74 Å². The highest BCUT2D eigenvalue weighted by Crippen LogP contribution is 2.18. The number of hydrogen-bond donors (Lipinski definition) is 1. The van der Waals surface area contributed by atoms with Crippen molar-refractivity contribution in [3.63, 3.8) is 0 Å². The standard InChI is InChI=1S/C13H19NO2/c1-3-8-14(9-10-15)11-12-6-4-5-7-13(12)16-2/h3-7,15H,1,8-11H2,2H3. The predicted octanol–water partition coefficient (Wildman–Crippen LogP) is 1.68. The third-order valence-corrected chi connectivity index (χ3v) is 2.39. The van der Waals surface area contributed by atoms with Gasteiger partial charge in [0.15, 0.2) is 0 Å². The van der Waals surface area contributed by atoms with E-state index < -0.39 is 0 Å². The van der Waals surface area contributed by atoms with E-state index in [9.17, 15) is 0 Å². The smallest absolute Gasteiger partial charge is 0.123 e. The number of ether oxygens (including phenoxy) is 1. The molecule has 0 unspecified atom stereocenters. The third-order valence-electron chi connectivity index (χ3n) is 2.39. The molecule has 1 aromatic rings. The minimum absolute atomic E-state index is 0.156. The summed E-state index contributed by atoms with van der Waals surface area (Å²) >= 11 is 0. The van der Waals surface area contributed by atoms with Crippen molar-refractivity contribution < 1.29 is 9.84 Å². The van der Waals surface area contributed by atoms with E-state index in [4.69, 9.17) is 9.84 Å². The van der Waals surface area contributed by atoms with Crippen LogP contribution in [0.25, 0.3) is 0 Å². The van der Waals surface area contributed by atoms with Gasteiger partial charge in [0.05, 0.1) is 13.7 Å². The Morgan fingerprint density at radius 3 is 2.81 bits per heavy atom. The topological polar surface area (TPSA) is 32.7 Å². The van der Waals surface area contributed by atoms with Gasteiger partial charge in [0, 0.05) is 25.2 Å². The fourth-order valence-electron chi connectivity index (χ4n) is 1.63. The number of hydrogen-bond acceptors (Lipinski definition) is 3. The monoisotopic (exact) mass is 221 g/mol. The molecular weight excluding hydrogens is 202 g/mol. The van der Waals surface area contributed by atoms with Gasteiger partial charge in [-0.1, -0.05) is 24.3 Å². The van der Waals surface area contributed by atoms with Gasteiger partial charge in [-0.15, -0.1) is 6.58 Å². The molecule has 0 atom stereocenters. The van der Waals surface area contributed by atoms with Crippen LogP contribution >= 0.6 is 0 Å². The number of nitrogens with zero attached hydrogens (tertiary/aromatic N) is 1. The molecule has 16 heavy (non-hydrogen) atoms. The van der Waals surface area contributed by atoms with E-state index in [0.717, 1.165) is 24.4 Å². The van der Waals surface area contributed by atoms with Crippen molar-refractivity contribution in [2.75, 3.05) is 26.8 Å². The summed E-state index contributed by atoms with van der Waals surface area (Å²) in [6.45, 7) is 6.03. The maximum absolute atomic E-state index is 8.96. The summed E-state index contributed by atoms with van der Waals surface area (Å²) in [4.78, 5) is 2.12. The normalized spacial score (nSPS) is 10.4. The largest absolute Gasteiger partial charge is 0.496 e. The second-order valence-electron chi connectivity index (χ2n) is 3.56. The van der Waals surface area contributed by atoms with Crippen molar-refractivity contribution in [2.24, 2.45) is 0 Å². The molecule has 0 spiro atoms. The Morgan fingerprint density at radius 2 is 2.19 bits per heavy atom. The van der Waals surface area contributed by atoms with Gasteiger partial charge in [-0.2, -0.15) is 0 Å². The molecule has 0 heterocycles. The molecule has 0 aliphatic carbocycles. The molecule has 1 aromatic carbocycles. The Labute approximate surface area is 97.0 Å². The van der Waals surface area contributed by atoms with Crippen LogP contribution in [0.4, 0.5) is 0 Å². The van der Waals surface area contributed by atoms with E-state index in [1.807, 2.05) is 30.3 Å². The fourth-order valence-corrected chi connectivity index (χ4v) is 1.63. The SMILES string of the molecule is C=CCN(CCO)Cc1ccccc1OC. The Hall–Kier alpha value is -1.32. The number of benzene rings is 1. The van der Waals surface area contributed by atoms with E-state index in [1.54, 1.807) is 7.11 Å². The fraction of sp³-hybridized carbons (Fsp3) is 0.385. The molecule has 0 aliphatic rings. The number of aliphatic hydroxyl groups is 1. The van der Waals surface area contributed by atoms with E-state index in [-0.39, 0.29) is 6.61 Å². The molecule has 88 valence electrons. The first-order chi connectivity index (χ1) is 7.81. The molecule has 0 fully saturated rings. The van der Waals surface area contributed by atoms with Gasteiger partial charge in [-0.25, -0.2) is 0 Å². The summed E-state index contributed by atoms with van der Waals surface area (Å²) in [5.41, 5.74) is 1.13. The van der Waals surface area contributed by atoms with Crippen molar-refractivity contribution in [1.82, 2.24) is 4.90 Å². The molecule has 0 bridgehead atoms. The number of rotatable bonds is 7. The lowest BCUT2D eigenvalue weighted by Crippen LogP contribution is -2.26. The molecule has 0 amide bonds. The Kier molecular flexibility index (Phi) is 5.61. The van der Waals surface area contributed by atoms with Gasteiger partial charge in [0.1, 0.15) is 5.75 Å². The van der Waals surface area contributed by atoms with Crippen molar-refractivity contribution >= 4 is 0 Å². The van der Waals surface area contributed by atoms with Crippen LogP contribution in [0.3, 0.4) is 0 Å². The lowest BCUT2D eigenvalue weighted by molar-refractivity contribution is 0.202. The Balaban J connectivity index is 2.71. The highest BCUT2D eigenvalue weighted by atomic mass is 16.5. The summed E-state index contributed by atoms with van der Waals surface area (Å²) in [6, 6.07) is 7.92. The summed E-state index contributed by atoms with van der Waals surface area (Å²) in [7, 11) is 1.67. The van der Waals surface area contributed by atoms with Crippen LogP contribution in [-0.4, -0.2) is 36.8 Å². The summed E-state index contributed by atoms with van der Waals surface area (Å²) in [6.07, 6.45) is 1.84. The summed E-state index contributed by atoms with van der Waals surface area (Å²) in [5, 5.41) is 8.96. The van der Waals surface area contributed by atoms with Crippen LogP contribution in [0.1, 0.15) is 5.56 Å². The van der Waals surface area contributed by atoms with Gasteiger partial charge < -0.3 is 9.84 Å². The van der Waals surface area contributed by atoms with Gasteiger partial charge in [-0.05, 0) is 6.07 Å². The van der Waals surface area contributed by atoms with Gasteiger partial charge in [0.2, 0.25) is 0 Å². The number of para-hydroxylation sites is 1. The van der Waals surface area contributed by atoms with E-state index >= 15 is 0 Å². The zero-order valence-corrected chi connectivity index (χ0v) is 9.72. The van der Waals surface area contributed by atoms with Crippen LogP contribution in [0, 0.1) is 0 Å². The average molecular weight is 221 g/mol. The second-order valence-corrected chi connectivity index (χ2v) is 3.56. The van der Waals surface area contributed by atoms with Gasteiger partial charge in [-0.3, -0.25) is 4.90 Å². The molecule has 0 radical (unpaired) electrons. The molecule has 0 aromatic heterocycles. The molecule has 0 aliphatic heterocycles. The molecule has 3 heteroatoms. The quantitative estimate of drug-likeness (QED) is 0.711.